The van der Waals surface area contributed by atoms with E-state index in [0.29, 0.717) is 0 Å². The van der Waals surface area contributed by atoms with Gasteiger partial charge in [-0.2, -0.15) is 0 Å². The summed E-state index contributed by atoms with van der Waals surface area (Å²) in [6.45, 7) is 0. The maximum atomic E-state index is 5.21. The minimum Gasteiger partial charge on any atom is -0.292 e. The van der Waals surface area contributed by atoms with Crippen LogP contribution in [0.2, 0.25) is 0 Å². The molecule has 0 fully saturated rings. The van der Waals surface area contributed by atoms with Gasteiger partial charge in [-0.3, -0.25) is 4.57 Å². The minimum atomic E-state index is 0.940. The topological polar surface area (TPSA) is 17.8 Å². The van der Waals surface area contributed by atoms with Crippen LogP contribution in [-0.2, 0) is 0 Å². The normalized spacial score (nSPS) is 11.6. The van der Waals surface area contributed by atoms with Gasteiger partial charge in [-0.15, -0.1) is 16.4 Å². The van der Waals surface area contributed by atoms with Crippen molar-refractivity contribution in [1.82, 2.24) is 9.55 Å². The quantitative estimate of drug-likeness (QED) is 0.216. The first-order valence-electron chi connectivity index (χ1n) is 17.5. The molecule has 0 spiro atoms. The summed E-state index contributed by atoms with van der Waals surface area (Å²) in [5.74, 6) is 0.940. The second-order valence-corrected chi connectivity index (χ2v) is 13.7. The van der Waals surface area contributed by atoms with Crippen LogP contribution in [0.15, 0.2) is 140 Å². The van der Waals surface area contributed by atoms with Crippen molar-refractivity contribution in [3.8, 4) is 39.3 Å². The highest BCUT2D eigenvalue weighted by molar-refractivity contribution is 6.69. The van der Waals surface area contributed by atoms with Crippen molar-refractivity contribution in [3.05, 3.63) is 140 Å². The Kier molecular flexibility index (Phi) is 7.14. The summed E-state index contributed by atoms with van der Waals surface area (Å²) in [7, 11) is 11.4. The first-order valence-corrected chi connectivity index (χ1v) is 17.5. The van der Waals surface area contributed by atoms with E-state index in [1.54, 1.807) is 0 Å². The maximum absolute atomic E-state index is 5.21. The van der Waals surface area contributed by atoms with Gasteiger partial charge in [-0.25, -0.2) is 4.98 Å². The van der Waals surface area contributed by atoms with Gasteiger partial charge in [0.1, 0.15) is 45.1 Å². The van der Waals surface area contributed by atoms with Crippen LogP contribution in [0.5, 0.6) is 0 Å². The zero-order valence-corrected chi connectivity index (χ0v) is 29.2. The summed E-state index contributed by atoms with van der Waals surface area (Å²) in [6, 6.07) is 50.6. The van der Waals surface area contributed by atoms with Gasteiger partial charge in [0.05, 0.1) is 16.7 Å². The molecule has 2 nitrogen and oxygen atoms in total. The van der Waals surface area contributed by atoms with Gasteiger partial charge in [-0.1, -0.05) is 132 Å². The first-order chi connectivity index (χ1) is 24.4. The van der Waals surface area contributed by atoms with Crippen molar-refractivity contribution in [2.24, 2.45) is 0 Å². The summed E-state index contributed by atoms with van der Waals surface area (Å²) in [5, 5.41) is 7.54. The number of hydrogen-bond acceptors (Lipinski definition) is 1. The van der Waals surface area contributed by atoms with Crippen LogP contribution in [0, 0.1) is 0 Å². The third kappa shape index (κ3) is 4.53. The molecule has 8 aromatic carbocycles. The highest BCUT2D eigenvalue weighted by atomic mass is 15.1. The predicted octanol–water partition coefficient (Wildman–Crippen LogP) is 2.78. The number of fused-ring (bicyclic) bond motifs is 4. The van der Waals surface area contributed by atoms with Crippen molar-refractivity contribution in [2.75, 3.05) is 0 Å². The number of aromatic nitrogens is 2. The zero-order chi connectivity index (χ0) is 34.1. The zero-order valence-electron chi connectivity index (χ0n) is 29.2. The molecule has 0 unspecified atom stereocenters. The third-order valence-corrected chi connectivity index (χ3v) is 11.2. The van der Waals surface area contributed by atoms with Crippen LogP contribution >= 0.6 is 0 Å². The minimum absolute atomic E-state index is 0.940. The van der Waals surface area contributed by atoms with Crippen molar-refractivity contribution in [1.29, 1.82) is 0 Å². The van der Waals surface area contributed by atoms with Crippen LogP contribution in [0.3, 0.4) is 0 Å². The van der Waals surface area contributed by atoms with Gasteiger partial charge < -0.3 is 0 Å². The molecule has 0 N–H and O–H groups in total. The second-order valence-electron chi connectivity index (χ2n) is 13.7. The molecule has 0 bridgehead atoms. The number of nitrogens with zero attached hydrogens (tertiary/aromatic N) is 2. The summed E-state index contributed by atoms with van der Waals surface area (Å²) in [4.78, 5) is 5.21. The molecule has 7 heteroatoms. The standard InChI is InChI=1S/C43H33B5N2/c44-38-37(39(45)41(47)42(48)40(38)46)36-30-15-5-3-13-28(30)35(29-14-4-6-16-31(29)36)25-20-22-26(23-21-25)43-49-32-17-7-8-18-34(32)50(43)33-19-9-11-24-10-1-2-12-27(24)33/h1-23H,44-48H2. The highest BCUT2D eigenvalue weighted by Gasteiger charge is 2.21. The maximum Gasteiger partial charge on any atom is 0.145 e. The van der Waals surface area contributed by atoms with E-state index in [2.05, 4.69) is 183 Å². The van der Waals surface area contributed by atoms with Gasteiger partial charge in [0, 0.05) is 10.9 Å². The van der Waals surface area contributed by atoms with Gasteiger partial charge in [0.15, 0.2) is 0 Å². The Morgan fingerprint density at radius 3 is 1.50 bits per heavy atom. The summed E-state index contributed by atoms with van der Waals surface area (Å²) in [5.41, 5.74) is 16.4. The average Bonchev–Trinajstić information content (AvgIpc) is 3.55. The van der Waals surface area contributed by atoms with Crippen molar-refractivity contribution >= 4 is 110 Å². The van der Waals surface area contributed by atoms with Gasteiger partial charge in [0.2, 0.25) is 0 Å². The Morgan fingerprint density at radius 2 is 0.860 bits per heavy atom. The van der Waals surface area contributed by atoms with Gasteiger partial charge >= 0.3 is 0 Å². The third-order valence-electron chi connectivity index (χ3n) is 11.2. The lowest BCUT2D eigenvalue weighted by atomic mass is 9.59. The molecule has 0 amide bonds. The fourth-order valence-corrected chi connectivity index (χ4v) is 8.24. The van der Waals surface area contributed by atoms with E-state index in [-0.39, 0.29) is 0 Å². The van der Waals surface area contributed by atoms with Crippen molar-refractivity contribution in [3.63, 3.8) is 0 Å². The predicted molar refractivity (Wildman–Crippen MR) is 231 cm³/mol. The lowest BCUT2D eigenvalue weighted by Gasteiger charge is -2.24. The highest BCUT2D eigenvalue weighted by Crippen LogP contribution is 2.43. The summed E-state index contributed by atoms with van der Waals surface area (Å²) < 4.78 is 2.32. The number of rotatable bonds is 4. The first kappa shape index (κ1) is 30.4. The summed E-state index contributed by atoms with van der Waals surface area (Å²) in [6.07, 6.45) is 0. The Hall–Kier alpha value is -5.67. The molecule has 50 heavy (non-hydrogen) atoms. The molecular weight excluding hydrogens is 599 g/mol. The van der Waals surface area contributed by atoms with E-state index in [1.165, 1.54) is 81.9 Å². The van der Waals surface area contributed by atoms with E-state index in [1.807, 2.05) is 0 Å². The number of benzene rings is 8. The number of imidazole rings is 1. The lowest BCUT2D eigenvalue weighted by molar-refractivity contribution is 1.11. The Balaban J connectivity index is 1.27. The van der Waals surface area contributed by atoms with Crippen LogP contribution in [0.4, 0.5) is 0 Å². The molecule has 0 saturated carbocycles. The summed E-state index contributed by atoms with van der Waals surface area (Å²) >= 11 is 0. The molecule has 9 aromatic rings. The van der Waals surface area contributed by atoms with E-state index < -0.39 is 0 Å². The smallest absolute Gasteiger partial charge is 0.145 e. The van der Waals surface area contributed by atoms with E-state index in [0.717, 1.165) is 28.1 Å². The molecule has 1 heterocycles. The van der Waals surface area contributed by atoms with E-state index >= 15 is 0 Å². The Labute approximate surface area is 297 Å². The Morgan fingerprint density at radius 1 is 0.380 bits per heavy atom. The van der Waals surface area contributed by atoms with Crippen LogP contribution in [-0.4, -0.2) is 48.8 Å². The van der Waals surface area contributed by atoms with E-state index in [9.17, 15) is 0 Å². The number of hydrogen-bond donors (Lipinski definition) is 0. The molecule has 230 valence electrons. The molecule has 0 aliphatic rings. The van der Waals surface area contributed by atoms with Crippen molar-refractivity contribution in [2.45, 2.75) is 0 Å². The molecule has 0 aliphatic heterocycles. The monoisotopic (exact) mass is 632 g/mol. The molecule has 0 radical (unpaired) electrons. The molecule has 0 aliphatic carbocycles. The largest absolute Gasteiger partial charge is 0.292 e. The molecule has 9 rings (SSSR count). The molecule has 1 aromatic heterocycles. The Bertz CT molecular complexity index is 2730. The van der Waals surface area contributed by atoms with Crippen LogP contribution in [0.25, 0.3) is 82.7 Å². The SMILES string of the molecule is Bc1c(B)c(B)c(-c2c3ccccc3c(-c3ccc(-c4nc5ccccc5n4-c4cccc5ccccc45)cc3)c3ccccc23)c(B)c1B. The fraction of sp³-hybridized carbons (Fsp3) is 0. The lowest BCUT2D eigenvalue weighted by Crippen LogP contribution is -2.55. The average molecular weight is 632 g/mol. The molecular formula is C43H33B5N2. The molecule has 0 atom stereocenters. The van der Waals surface area contributed by atoms with E-state index in [4.69, 9.17) is 4.98 Å². The van der Waals surface area contributed by atoms with Crippen LogP contribution in [0.1, 0.15) is 0 Å². The van der Waals surface area contributed by atoms with Crippen LogP contribution < -0.4 is 27.3 Å². The fourth-order valence-electron chi connectivity index (χ4n) is 8.24. The van der Waals surface area contributed by atoms with Gasteiger partial charge in [0.25, 0.3) is 0 Å². The second kappa shape index (κ2) is 11.7. The number of para-hydroxylation sites is 2. The van der Waals surface area contributed by atoms with Crippen molar-refractivity contribution < 1.29 is 0 Å². The van der Waals surface area contributed by atoms with Gasteiger partial charge in [-0.05, 0) is 67.4 Å². The molecule has 0 saturated heterocycles.